The largest absolute Gasteiger partial charge is 0.444 e. The molecule has 0 aliphatic heterocycles. The summed E-state index contributed by atoms with van der Waals surface area (Å²) in [5.41, 5.74) is -1.14. The third kappa shape index (κ3) is 16.2. The van der Waals surface area contributed by atoms with Gasteiger partial charge >= 0.3 is 12.2 Å². The van der Waals surface area contributed by atoms with Gasteiger partial charge in [-0.05, 0) is 80.1 Å². The van der Waals surface area contributed by atoms with Crippen molar-refractivity contribution in [3.05, 3.63) is 0 Å². The Morgan fingerprint density at radius 2 is 0.906 bits per heavy atom. The number of carbonyl (C=O) groups is 2. The van der Waals surface area contributed by atoms with Gasteiger partial charge in [-0.15, -0.1) is 0 Å². The average molecular weight is 451 g/mol. The zero-order valence-corrected chi connectivity index (χ0v) is 20.9. The van der Waals surface area contributed by atoms with Gasteiger partial charge in [0.05, 0.1) is 12.1 Å². The molecule has 0 unspecified atom stereocenters. The Hall–Kier alpha value is -2.48. The summed E-state index contributed by atoms with van der Waals surface area (Å²) in [7, 11) is 0. The summed E-state index contributed by atoms with van der Waals surface area (Å²) in [6, 6.07) is 4.25. The van der Waals surface area contributed by atoms with E-state index in [0.717, 1.165) is 38.5 Å². The number of hydrogen-bond donors (Lipinski definition) is 0. The fourth-order valence-electron chi connectivity index (χ4n) is 2.86. The first-order valence-corrected chi connectivity index (χ1v) is 11.6. The number of carbonyl (C=O) groups excluding carboxylic acids is 2. The van der Waals surface area contributed by atoms with Crippen LogP contribution in [0.3, 0.4) is 0 Å². The maximum atomic E-state index is 12.5. The zero-order valence-electron chi connectivity index (χ0n) is 20.9. The molecule has 0 spiro atoms. The third-order valence-electron chi connectivity index (χ3n) is 4.34. The molecule has 0 aliphatic carbocycles. The van der Waals surface area contributed by atoms with Crippen LogP contribution in [0.5, 0.6) is 0 Å². The number of unbranched alkanes of at least 4 members (excludes halogenated alkanes) is 5. The van der Waals surface area contributed by atoms with E-state index in [2.05, 4.69) is 12.1 Å². The highest BCUT2D eigenvalue weighted by Crippen LogP contribution is 2.14. The molecule has 0 aliphatic rings. The summed E-state index contributed by atoms with van der Waals surface area (Å²) in [6.45, 7) is 13.2. The van der Waals surface area contributed by atoms with Crippen LogP contribution >= 0.6 is 0 Å². The lowest BCUT2D eigenvalue weighted by molar-refractivity contribution is 0.0207. The summed E-state index contributed by atoms with van der Waals surface area (Å²) in [6.07, 6.45) is 4.65. The van der Waals surface area contributed by atoms with E-state index in [0.29, 0.717) is 39.0 Å². The Bertz CT molecular complexity index is 582. The van der Waals surface area contributed by atoms with Crippen LogP contribution in [-0.4, -0.2) is 59.4 Å². The summed E-state index contributed by atoms with van der Waals surface area (Å²) >= 11 is 0. The molecule has 0 atom stereocenters. The summed E-state index contributed by atoms with van der Waals surface area (Å²) in [4.78, 5) is 28.5. The highest BCUT2D eigenvalue weighted by Gasteiger charge is 2.23. The van der Waals surface area contributed by atoms with Crippen LogP contribution in [0.2, 0.25) is 0 Å². The van der Waals surface area contributed by atoms with Gasteiger partial charge in [0.2, 0.25) is 0 Å². The molecule has 2 amide bonds. The van der Waals surface area contributed by atoms with Gasteiger partial charge in [0, 0.05) is 39.0 Å². The Kier molecular flexibility index (Phi) is 14.2. The quantitative estimate of drug-likeness (QED) is 0.337. The first kappa shape index (κ1) is 29.5. The number of hydrogen-bond acceptors (Lipinski definition) is 6. The third-order valence-corrected chi connectivity index (χ3v) is 4.34. The first-order valence-electron chi connectivity index (χ1n) is 11.6. The van der Waals surface area contributed by atoms with Gasteiger partial charge in [0.25, 0.3) is 0 Å². The molecule has 0 bridgehead atoms. The van der Waals surface area contributed by atoms with Crippen LogP contribution in [0.1, 0.15) is 92.9 Å². The van der Waals surface area contributed by atoms with Crippen LogP contribution in [0.4, 0.5) is 9.59 Å². The lowest BCUT2D eigenvalue weighted by Gasteiger charge is -2.29. The molecule has 0 radical (unpaired) electrons. The first-order chi connectivity index (χ1) is 14.9. The van der Waals surface area contributed by atoms with E-state index in [1.807, 2.05) is 41.5 Å². The van der Waals surface area contributed by atoms with Crippen molar-refractivity contribution >= 4 is 12.2 Å². The van der Waals surface area contributed by atoms with Crippen molar-refractivity contribution in [3.8, 4) is 12.1 Å². The molecule has 0 rings (SSSR count). The van der Waals surface area contributed by atoms with Crippen LogP contribution in [0, 0.1) is 22.7 Å². The second-order valence-electron chi connectivity index (χ2n) is 9.87. The van der Waals surface area contributed by atoms with Gasteiger partial charge in [-0.1, -0.05) is 0 Å². The fraction of sp³-hybridized carbons (Fsp3) is 0.833. The molecule has 182 valence electrons. The van der Waals surface area contributed by atoms with E-state index < -0.39 is 11.2 Å². The second-order valence-corrected chi connectivity index (χ2v) is 9.87. The van der Waals surface area contributed by atoms with E-state index >= 15 is 0 Å². The molecule has 0 fully saturated rings. The number of rotatable bonds is 13. The van der Waals surface area contributed by atoms with Crippen LogP contribution < -0.4 is 0 Å². The number of amides is 2. The lowest BCUT2D eigenvalue weighted by atomic mass is 10.2. The molecule has 0 N–H and O–H groups in total. The van der Waals surface area contributed by atoms with E-state index in [1.54, 1.807) is 9.80 Å². The Morgan fingerprint density at radius 1 is 0.625 bits per heavy atom. The van der Waals surface area contributed by atoms with E-state index in [1.165, 1.54) is 0 Å². The minimum absolute atomic E-state index is 0.352. The SMILES string of the molecule is CC(C)(C)OC(=O)N(CCCCC#N)CCCCN(CCCCC#N)C(=O)OC(C)(C)C. The lowest BCUT2D eigenvalue weighted by Crippen LogP contribution is -2.39. The van der Waals surface area contributed by atoms with Gasteiger partial charge in [-0.2, -0.15) is 10.5 Å². The minimum Gasteiger partial charge on any atom is -0.444 e. The number of nitriles is 2. The van der Waals surface area contributed by atoms with Crippen molar-refractivity contribution in [1.29, 1.82) is 10.5 Å². The van der Waals surface area contributed by atoms with Crippen molar-refractivity contribution in [2.45, 2.75) is 104 Å². The zero-order chi connectivity index (χ0) is 24.6. The van der Waals surface area contributed by atoms with E-state index in [-0.39, 0.29) is 12.2 Å². The molecule has 0 aromatic heterocycles. The Morgan fingerprint density at radius 3 is 1.16 bits per heavy atom. The van der Waals surface area contributed by atoms with Crippen molar-refractivity contribution in [3.63, 3.8) is 0 Å². The van der Waals surface area contributed by atoms with Crippen LogP contribution in [-0.2, 0) is 9.47 Å². The summed E-state index contributed by atoms with van der Waals surface area (Å²) in [5.74, 6) is 0. The molecule has 0 aromatic carbocycles. The average Bonchev–Trinajstić information content (AvgIpc) is 2.65. The maximum Gasteiger partial charge on any atom is 0.410 e. The Labute approximate surface area is 194 Å². The van der Waals surface area contributed by atoms with Crippen molar-refractivity contribution in [2.75, 3.05) is 26.2 Å². The molecule has 0 heterocycles. The standard InChI is InChI=1S/C24H42N4O4/c1-23(2,3)31-21(29)27(17-11-7-9-15-25)19-13-14-20-28(18-12-8-10-16-26)22(30)32-24(4,5)6/h7-14,17-20H2,1-6H3. The number of ether oxygens (including phenoxy) is 2. The molecule has 0 saturated heterocycles. The van der Waals surface area contributed by atoms with Crippen LogP contribution in [0.15, 0.2) is 0 Å². The topological polar surface area (TPSA) is 107 Å². The van der Waals surface area contributed by atoms with Gasteiger partial charge in [-0.3, -0.25) is 0 Å². The number of nitrogens with zero attached hydrogens (tertiary/aromatic N) is 4. The Balaban J connectivity index is 4.80. The van der Waals surface area contributed by atoms with Crippen LogP contribution in [0.25, 0.3) is 0 Å². The molecular weight excluding hydrogens is 408 g/mol. The van der Waals surface area contributed by atoms with E-state index in [9.17, 15) is 9.59 Å². The predicted octanol–water partition coefficient (Wildman–Crippen LogP) is 5.63. The molecule has 32 heavy (non-hydrogen) atoms. The maximum absolute atomic E-state index is 12.5. The van der Waals surface area contributed by atoms with Gasteiger partial charge in [-0.25, -0.2) is 9.59 Å². The summed E-state index contributed by atoms with van der Waals surface area (Å²) in [5, 5.41) is 17.4. The summed E-state index contributed by atoms with van der Waals surface area (Å²) < 4.78 is 11.0. The van der Waals surface area contributed by atoms with Gasteiger partial charge < -0.3 is 19.3 Å². The molecular formula is C24H42N4O4. The van der Waals surface area contributed by atoms with Gasteiger partial charge in [0.15, 0.2) is 0 Å². The van der Waals surface area contributed by atoms with Gasteiger partial charge in [0.1, 0.15) is 11.2 Å². The predicted molar refractivity (Wildman–Crippen MR) is 124 cm³/mol. The highest BCUT2D eigenvalue weighted by atomic mass is 16.6. The van der Waals surface area contributed by atoms with Crippen molar-refractivity contribution in [2.24, 2.45) is 0 Å². The molecule has 8 heteroatoms. The van der Waals surface area contributed by atoms with Crippen molar-refractivity contribution < 1.29 is 19.1 Å². The molecule has 0 aromatic rings. The minimum atomic E-state index is -0.571. The highest BCUT2D eigenvalue weighted by molar-refractivity contribution is 5.68. The van der Waals surface area contributed by atoms with E-state index in [4.69, 9.17) is 20.0 Å². The normalized spacial score (nSPS) is 11.2. The smallest absolute Gasteiger partial charge is 0.410 e. The fourth-order valence-corrected chi connectivity index (χ4v) is 2.86. The van der Waals surface area contributed by atoms with Crippen molar-refractivity contribution in [1.82, 2.24) is 9.80 Å². The molecule has 0 saturated carbocycles. The second kappa shape index (κ2) is 15.3. The molecule has 8 nitrogen and oxygen atoms in total. The monoisotopic (exact) mass is 450 g/mol.